The molecule has 2 fully saturated rings. The maximum absolute atomic E-state index is 14.4. The second-order valence-electron chi connectivity index (χ2n) is 6.07. The van der Waals surface area contributed by atoms with Crippen LogP contribution in [-0.4, -0.2) is 31.1 Å². The van der Waals surface area contributed by atoms with E-state index in [0.717, 1.165) is 49.6 Å². The van der Waals surface area contributed by atoms with Gasteiger partial charge in [-0.15, -0.1) is 12.4 Å². The van der Waals surface area contributed by atoms with Crippen LogP contribution in [0.1, 0.15) is 36.4 Å². The van der Waals surface area contributed by atoms with E-state index in [4.69, 9.17) is 11.6 Å². The molecule has 1 saturated carbocycles. The monoisotopic (exact) mass is 332 g/mol. The SMILES string of the molecule is Cc1ccc(F)c([C@H](CC2CC2)N2CCNCC2)c1Cl.Cl. The van der Waals surface area contributed by atoms with Crippen LogP contribution >= 0.6 is 24.0 Å². The molecule has 1 saturated heterocycles. The quantitative estimate of drug-likeness (QED) is 0.897. The molecule has 1 aromatic carbocycles. The molecular weight excluding hydrogens is 310 g/mol. The number of benzene rings is 1. The molecular formula is C16H23Cl2FN2. The largest absolute Gasteiger partial charge is 0.314 e. The predicted octanol–water partition coefficient (Wildman–Crippen LogP) is 3.96. The van der Waals surface area contributed by atoms with Crippen LogP contribution in [0.3, 0.4) is 0 Å². The molecule has 0 spiro atoms. The van der Waals surface area contributed by atoms with Crippen LogP contribution in [0.15, 0.2) is 12.1 Å². The average molecular weight is 333 g/mol. The highest BCUT2D eigenvalue weighted by molar-refractivity contribution is 6.32. The van der Waals surface area contributed by atoms with Crippen molar-refractivity contribution < 1.29 is 4.39 Å². The Morgan fingerprint density at radius 1 is 1.33 bits per heavy atom. The van der Waals surface area contributed by atoms with Gasteiger partial charge in [-0.2, -0.15) is 0 Å². The van der Waals surface area contributed by atoms with Gasteiger partial charge in [0, 0.05) is 37.8 Å². The summed E-state index contributed by atoms with van der Waals surface area (Å²) in [5, 5.41) is 3.98. The van der Waals surface area contributed by atoms with Crippen molar-refractivity contribution in [1.82, 2.24) is 10.2 Å². The second-order valence-corrected chi connectivity index (χ2v) is 6.45. The van der Waals surface area contributed by atoms with Crippen molar-refractivity contribution in [2.45, 2.75) is 32.2 Å². The van der Waals surface area contributed by atoms with Gasteiger partial charge in [-0.1, -0.05) is 30.5 Å². The van der Waals surface area contributed by atoms with Crippen molar-refractivity contribution in [3.8, 4) is 0 Å². The molecule has 1 aromatic rings. The van der Waals surface area contributed by atoms with E-state index < -0.39 is 0 Å². The smallest absolute Gasteiger partial charge is 0.129 e. The molecule has 1 aliphatic heterocycles. The van der Waals surface area contributed by atoms with Crippen LogP contribution < -0.4 is 5.32 Å². The minimum atomic E-state index is -0.148. The van der Waals surface area contributed by atoms with Crippen molar-refractivity contribution >= 4 is 24.0 Å². The summed E-state index contributed by atoms with van der Waals surface area (Å²) in [6.07, 6.45) is 3.61. The highest BCUT2D eigenvalue weighted by atomic mass is 35.5. The molecule has 1 N–H and O–H groups in total. The fourth-order valence-electron chi connectivity index (χ4n) is 3.10. The number of piperazine rings is 1. The zero-order valence-electron chi connectivity index (χ0n) is 12.4. The van der Waals surface area contributed by atoms with Crippen molar-refractivity contribution in [3.63, 3.8) is 0 Å². The topological polar surface area (TPSA) is 15.3 Å². The lowest BCUT2D eigenvalue weighted by Crippen LogP contribution is -2.45. The zero-order chi connectivity index (χ0) is 14.1. The van der Waals surface area contributed by atoms with E-state index in [9.17, 15) is 4.39 Å². The molecule has 0 amide bonds. The van der Waals surface area contributed by atoms with Crippen molar-refractivity contribution in [3.05, 3.63) is 34.1 Å². The van der Waals surface area contributed by atoms with Gasteiger partial charge in [-0.3, -0.25) is 4.90 Å². The van der Waals surface area contributed by atoms with E-state index in [2.05, 4.69) is 10.2 Å². The minimum absolute atomic E-state index is 0. The molecule has 1 atom stereocenters. The van der Waals surface area contributed by atoms with Crippen molar-refractivity contribution in [2.75, 3.05) is 26.2 Å². The summed E-state index contributed by atoms with van der Waals surface area (Å²) in [5.74, 6) is 0.607. The first-order valence-corrected chi connectivity index (χ1v) is 7.94. The number of aryl methyl sites for hydroxylation is 1. The van der Waals surface area contributed by atoms with E-state index in [1.54, 1.807) is 12.1 Å². The normalized spacial score (nSPS) is 20.9. The number of hydrogen-bond acceptors (Lipinski definition) is 2. The van der Waals surface area contributed by atoms with Crippen LogP contribution in [0.5, 0.6) is 0 Å². The van der Waals surface area contributed by atoms with Gasteiger partial charge in [0.25, 0.3) is 0 Å². The van der Waals surface area contributed by atoms with Crippen molar-refractivity contribution in [1.29, 1.82) is 0 Å². The second kappa shape index (κ2) is 7.28. The maximum Gasteiger partial charge on any atom is 0.129 e. The summed E-state index contributed by atoms with van der Waals surface area (Å²) in [6, 6.07) is 3.48. The van der Waals surface area contributed by atoms with E-state index in [1.165, 1.54) is 12.8 Å². The molecule has 1 aliphatic carbocycles. The molecule has 0 radical (unpaired) electrons. The van der Waals surface area contributed by atoms with Crippen molar-refractivity contribution in [2.24, 2.45) is 5.92 Å². The molecule has 0 bridgehead atoms. The lowest BCUT2D eigenvalue weighted by molar-refractivity contribution is 0.157. The number of nitrogens with zero attached hydrogens (tertiary/aromatic N) is 1. The summed E-state index contributed by atoms with van der Waals surface area (Å²) >= 11 is 6.43. The summed E-state index contributed by atoms with van der Waals surface area (Å²) in [6.45, 7) is 5.86. The van der Waals surface area contributed by atoms with Gasteiger partial charge in [-0.25, -0.2) is 4.39 Å². The molecule has 2 nitrogen and oxygen atoms in total. The summed E-state index contributed by atoms with van der Waals surface area (Å²) < 4.78 is 14.4. The molecule has 3 rings (SSSR count). The third kappa shape index (κ3) is 3.89. The molecule has 0 aromatic heterocycles. The highest BCUT2D eigenvalue weighted by Gasteiger charge is 2.33. The number of halogens is 3. The van der Waals surface area contributed by atoms with Gasteiger partial charge >= 0.3 is 0 Å². The van der Waals surface area contributed by atoms with Crippen LogP contribution in [0.4, 0.5) is 4.39 Å². The van der Waals surface area contributed by atoms with Gasteiger partial charge < -0.3 is 5.32 Å². The summed E-state index contributed by atoms with van der Waals surface area (Å²) in [5.41, 5.74) is 1.69. The van der Waals surface area contributed by atoms with Gasteiger partial charge in [0.1, 0.15) is 5.82 Å². The summed E-state index contributed by atoms with van der Waals surface area (Å²) in [4.78, 5) is 2.40. The predicted molar refractivity (Wildman–Crippen MR) is 87.9 cm³/mol. The Morgan fingerprint density at radius 2 is 2.00 bits per heavy atom. The lowest BCUT2D eigenvalue weighted by Gasteiger charge is -2.36. The Balaban J connectivity index is 0.00000161. The van der Waals surface area contributed by atoms with E-state index in [1.807, 2.05) is 6.92 Å². The molecule has 0 unspecified atom stereocenters. The average Bonchev–Trinajstić information content (AvgIpc) is 3.27. The third-order valence-corrected chi connectivity index (χ3v) is 5.00. The zero-order valence-corrected chi connectivity index (χ0v) is 13.9. The van der Waals surface area contributed by atoms with E-state index in [0.29, 0.717) is 5.02 Å². The van der Waals surface area contributed by atoms with Crippen LogP contribution in [0.2, 0.25) is 5.02 Å². The Bertz CT molecular complexity index is 485. The fourth-order valence-corrected chi connectivity index (χ4v) is 3.38. The Labute approximate surface area is 137 Å². The lowest BCUT2D eigenvalue weighted by atomic mass is 9.96. The van der Waals surface area contributed by atoms with E-state index in [-0.39, 0.29) is 24.3 Å². The molecule has 21 heavy (non-hydrogen) atoms. The van der Waals surface area contributed by atoms with E-state index >= 15 is 0 Å². The van der Waals surface area contributed by atoms with Gasteiger partial charge in [0.2, 0.25) is 0 Å². The Morgan fingerprint density at radius 3 is 2.62 bits per heavy atom. The first-order valence-electron chi connectivity index (χ1n) is 7.56. The number of hydrogen-bond donors (Lipinski definition) is 1. The highest BCUT2D eigenvalue weighted by Crippen LogP contribution is 2.43. The number of nitrogens with one attached hydrogen (secondary N) is 1. The standard InChI is InChI=1S/C16H22ClFN2.ClH/c1-11-2-5-13(18)15(16(11)17)14(10-12-3-4-12)20-8-6-19-7-9-20;/h2,5,12,14,19H,3-4,6-10H2,1H3;1H/t14-;/m0./s1. The first kappa shape index (κ1) is 17.0. The van der Waals surface area contributed by atoms with Crippen LogP contribution in [0.25, 0.3) is 0 Å². The maximum atomic E-state index is 14.4. The van der Waals surface area contributed by atoms with Crippen LogP contribution in [0, 0.1) is 18.7 Å². The Hall–Kier alpha value is -0.350. The van der Waals surface area contributed by atoms with Gasteiger partial charge in [-0.05, 0) is 30.9 Å². The third-order valence-electron chi connectivity index (χ3n) is 4.50. The minimum Gasteiger partial charge on any atom is -0.314 e. The first-order chi connectivity index (χ1) is 9.66. The van der Waals surface area contributed by atoms with Gasteiger partial charge in [0.05, 0.1) is 5.02 Å². The molecule has 5 heteroatoms. The Kier molecular flexibility index (Phi) is 5.89. The van der Waals surface area contributed by atoms with Gasteiger partial charge in [0.15, 0.2) is 0 Å². The number of rotatable bonds is 4. The fraction of sp³-hybridized carbons (Fsp3) is 0.625. The molecule has 2 aliphatic rings. The van der Waals surface area contributed by atoms with Crippen LogP contribution in [-0.2, 0) is 0 Å². The molecule has 1 heterocycles. The summed E-state index contributed by atoms with van der Waals surface area (Å²) in [7, 11) is 0. The molecule has 118 valence electrons.